The van der Waals surface area contributed by atoms with Crippen LogP contribution in [0.1, 0.15) is 34.7 Å². The molecule has 7 nitrogen and oxygen atoms in total. The highest BCUT2D eigenvalue weighted by molar-refractivity contribution is 6.46. The van der Waals surface area contributed by atoms with Crippen LogP contribution in [0.4, 0.5) is 0 Å². The van der Waals surface area contributed by atoms with Gasteiger partial charge in [0.05, 0.1) is 17.9 Å². The lowest BCUT2D eigenvalue weighted by Gasteiger charge is -2.25. The minimum absolute atomic E-state index is 0.0542. The van der Waals surface area contributed by atoms with Crippen LogP contribution in [0.2, 0.25) is 5.02 Å². The normalized spacial score (nSPS) is 16.6. The van der Waals surface area contributed by atoms with E-state index in [1.165, 1.54) is 4.90 Å². The summed E-state index contributed by atoms with van der Waals surface area (Å²) < 4.78 is 7.83. The summed E-state index contributed by atoms with van der Waals surface area (Å²) in [6.45, 7) is 3.42. The van der Waals surface area contributed by atoms with E-state index in [2.05, 4.69) is 4.98 Å². The van der Waals surface area contributed by atoms with E-state index < -0.39 is 17.7 Å². The summed E-state index contributed by atoms with van der Waals surface area (Å²) in [5.41, 5.74) is 3.40. The highest BCUT2D eigenvalue weighted by atomic mass is 35.5. The first kappa shape index (κ1) is 26.3. The van der Waals surface area contributed by atoms with Crippen LogP contribution in [-0.4, -0.2) is 37.8 Å². The second-order valence-electron chi connectivity index (χ2n) is 9.44. The van der Waals surface area contributed by atoms with Gasteiger partial charge in [-0.05, 0) is 66.4 Å². The first-order valence-electron chi connectivity index (χ1n) is 12.7. The number of carbonyl (C=O) groups excluding carboxylic acids is 2. The molecule has 1 amide bonds. The van der Waals surface area contributed by atoms with E-state index >= 15 is 0 Å². The van der Waals surface area contributed by atoms with Gasteiger partial charge in [0.15, 0.2) is 0 Å². The molecule has 0 saturated carbocycles. The van der Waals surface area contributed by atoms with Crippen LogP contribution < -0.4 is 4.74 Å². The highest BCUT2D eigenvalue weighted by Crippen LogP contribution is 2.40. The molecule has 0 radical (unpaired) electrons. The molecule has 8 heteroatoms. The molecule has 0 spiro atoms. The van der Waals surface area contributed by atoms with Gasteiger partial charge in [-0.3, -0.25) is 9.59 Å². The van der Waals surface area contributed by atoms with Gasteiger partial charge in [0.25, 0.3) is 11.7 Å². The minimum atomic E-state index is -0.734. The second kappa shape index (κ2) is 11.6. The molecular weight excluding hydrogens is 514 g/mol. The summed E-state index contributed by atoms with van der Waals surface area (Å²) in [6.07, 6.45) is 5.86. The lowest BCUT2D eigenvalue weighted by molar-refractivity contribution is -0.139. The Labute approximate surface area is 231 Å². The zero-order valence-corrected chi connectivity index (χ0v) is 22.2. The van der Waals surface area contributed by atoms with Crippen molar-refractivity contribution >= 4 is 29.1 Å². The summed E-state index contributed by atoms with van der Waals surface area (Å²) in [4.78, 5) is 32.0. The smallest absolute Gasteiger partial charge is 0.295 e. The number of benzene rings is 3. The molecule has 1 aliphatic heterocycles. The molecule has 1 atom stereocenters. The number of rotatable bonds is 9. The number of Topliss-reactive ketones (excluding diaryl/α,β-unsaturated/α-hetero) is 1. The molecule has 1 saturated heterocycles. The second-order valence-corrected chi connectivity index (χ2v) is 9.87. The number of hydrogen-bond donors (Lipinski definition) is 1. The van der Waals surface area contributed by atoms with Gasteiger partial charge in [-0.25, -0.2) is 4.98 Å². The number of nitrogens with zero attached hydrogens (tertiary/aromatic N) is 3. The molecule has 198 valence electrons. The van der Waals surface area contributed by atoms with E-state index in [1.54, 1.807) is 61.1 Å². The number of aliphatic hydroxyl groups is 1. The van der Waals surface area contributed by atoms with Crippen molar-refractivity contribution < 1.29 is 19.4 Å². The molecule has 3 aromatic carbocycles. The van der Waals surface area contributed by atoms with E-state index in [4.69, 9.17) is 16.3 Å². The van der Waals surface area contributed by atoms with Crippen molar-refractivity contribution in [3.63, 3.8) is 0 Å². The molecule has 4 aromatic rings. The van der Waals surface area contributed by atoms with Gasteiger partial charge in [0, 0.05) is 36.1 Å². The number of imidazole rings is 1. The molecule has 1 N–H and O–H groups in total. The standard InChI is InChI=1S/C31H28ClN3O4/c1-21-5-2-3-6-24(21)19-39-26-13-9-23(10-14-26)29(36)27-28(22-7-11-25(32)12-8-22)35(31(38)30(27)37)17-4-16-34-18-15-33-20-34/h2-3,5-15,18,20,28,36H,4,16-17,19H2,1H3/b29-27+. The molecule has 0 bridgehead atoms. The lowest BCUT2D eigenvalue weighted by Crippen LogP contribution is -2.31. The largest absolute Gasteiger partial charge is 0.507 e. The van der Waals surface area contributed by atoms with Gasteiger partial charge in [-0.15, -0.1) is 0 Å². The fraction of sp³-hybridized carbons (Fsp3) is 0.194. The molecule has 5 rings (SSSR count). The maximum Gasteiger partial charge on any atom is 0.295 e. The maximum atomic E-state index is 13.3. The number of hydrogen-bond acceptors (Lipinski definition) is 5. The van der Waals surface area contributed by atoms with Crippen LogP contribution in [0.25, 0.3) is 5.76 Å². The SMILES string of the molecule is Cc1ccccc1COc1ccc(/C(O)=C2\C(=O)C(=O)N(CCCn3ccnc3)C2c2ccc(Cl)cc2)cc1. The summed E-state index contributed by atoms with van der Waals surface area (Å²) in [7, 11) is 0. The Morgan fingerprint density at radius 2 is 1.74 bits per heavy atom. The van der Waals surface area contributed by atoms with Crippen molar-refractivity contribution in [3.8, 4) is 5.75 Å². The first-order chi connectivity index (χ1) is 18.9. The van der Waals surface area contributed by atoms with Crippen LogP contribution >= 0.6 is 11.6 Å². The van der Waals surface area contributed by atoms with Crippen molar-refractivity contribution in [1.29, 1.82) is 0 Å². The molecule has 0 aliphatic carbocycles. The van der Waals surface area contributed by atoms with E-state index in [0.717, 1.165) is 11.1 Å². The number of aromatic nitrogens is 2. The van der Waals surface area contributed by atoms with E-state index in [-0.39, 0.29) is 11.3 Å². The van der Waals surface area contributed by atoms with Crippen molar-refractivity contribution in [2.24, 2.45) is 0 Å². The zero-order valence-electron chi connectivity index (χ0n) is 21.5. The first-order valence-corrected chi connectivity index (χ1v) is 13.1. The van der Waals surface area contributed by atoms with Crippen molar-refractivity contribution in [2.45, 2.75) is 32.5 Å². The van der Waals surface area contributed by atoms with Gasteiger partial charge in [0.2, 0.25) is 0 Å². The van der Waals surface area contributed by atoms with Crippen LogP contribution in [-0.2, 0) is 22.7 Å². The van der Waals surface area contributed by atoms with Gasteiger partial charge in [0.1, 0.15) is 18.1 Å². The molecule has 1 fully saturated rings. The zero-order chi connectivity index (χ0) is 27.4. The van der Waals surface area contributed by atoms with Gasteiger partial charge in [-0.1, -0.05) is 48.0 Å². The topological polar surface area (TPSA) is 84.7 Å². The van der Waals surface area contributed by atoms with Crippen LogP contribution in [0.5, 0.6) is 5.75 Å². The van der Waals surface area contributed by atoms with E-state index in [9.17, 15) is 14.7 Å². The fourth-order valence-corrected chi connectivity index (χ4v) is 4.87. The molecule has 1 aliphatic rings. The van der Waals surface area contributed by atoms with Gasteiger partial charge < -0.3 is 19.3 Å². The van der Waals surface area contributed by atoms with Gasteiger partial charge >= 0.3 is 0 Å². The highest BCUT2D eigenvalue weighted by Gasteiger charge is 2.45. The Morgan fingerprint density at radius 3 is 2.44 bits per heavy atom. The number of aryl methyl sites for hydroxylation is 2. The van der Waals surface area contributed by atoms with Crippen LogP contribution in [0.3, 0.4) is 0 Å². The third-order valence-corrected chi connectivity index (χ3v) is 7.14. The average Bonchev–Trinajstić information content (AvgIpc) is 3.55. The molecule has 1 unspecified atom stereocenters. The number of aliphatic hydroxyl groups excluding tert-OH is 1. The molecule has 2 heterocycles. The Kier molecular flexibility index (Phi) is 7.79. The Balaban J connectivity index is 1.41. The van der Waals surface area contributed by atoms with E-state index in [0.29, 0.717) is 48.0 Å². The Hall–Kier alpha value is -4.36. The maximum absolute atomic E-state index is 13.3. The van der Waals surface area contributed by atoms with Gasteiger partial charge in [-0.2, -0.15) is 0 Å². The monoisotopic (exact) mass is 541 g/mol. The number of ketones is 1. The predicted molar refractivity (Wildman–Crippen MR) is 149 cm³/mol. The molecular formula is C31H28ClN3O4. The quantitative estimate of drug-likeness (QED) is 0.161. The Bertz CT molecular complexity index is 1500. The minimum Gasteiger partial charge on any atom is -0.507 e. The van der Waals surface area contributed by atoms with E-state index in [1.807, 2.05) is 42.0 Å². The number of halogens is 1. The fourth-order valence-electron chi connectivity index (χ4n) is 4.74. The summed E-state index contributed by atoms with van der Waals surface area (Å²) in [6, 6.07) is 21.1. The third-order valence-electron chi connectivity index (χ3n) is 6.88. The molecule has 1 aromatic heterocycles. The molecule has 39 heavy (non-hydrogen) atoms. The average molecular weight is 542 g/mol. The number of carbonyl (C=O) groups is 2. The van der Waals surface area contributed by atoms with Crippen LogP contribution in [0.15, 0.2) is 97.1 Å². The van der Waals surface area contributed by atoms with Crippen molar-refractivity contribution in [3.05, 3.63) is 124 Å². The van der Waals surface area contributed by atoms with Crippen LogP contribution in [0, 0.1) is 6.92 Å². The number of likely N-dealkylation sites (tertiary alicyclic amines) is 1. The summed E-state index contributed by atoms with van der Waals surface area (Å²) in [5.74, 6) is -0.949. The number of ether oxygens (including phenoxy) is 1. The number of amides is 1. The Morgan fingerprint density at radius 1 is 1.00 bits per heavy atom. The summed E-state index contributed by atoms with van der Waals surface area (Å²) in [5, 5.41) is 11.9. The van der Waals surface area contributed by atoms with Crippen molar-refractivity contribution in [2.75, 3.05) is 6.54 Å². The predicted octanol–water partition coefficient (Wildman–Crippen LogP) is 5.94. The van der Waals surface area contributed by atoms with Crippen molar-refractivity contribution in [1.82, 2.24) is 14.5 Å². The third kappa shape index (κ3) is 5.73. The summed E-state index contributed by atoms with van der Waals surface area (Å²) >= 11 is 6.11. The lowest BCUT2D eigenvalue weighted by atomic mass is 9.95.